The van der Waals surface area contributed by atoms with Gasteiger partial charge in [-0.1, -0.05) is 0 Å². The number of hydrogen-bond acceptors (Lipinski definition) is 5. The fraction of sp³-hybridized carbons (Fsp3) is 0.667. The lowest BCUT2D eigenvalue weighted by atomic mass is 9.92. The van der Waals surface area contributed by atoms with Gasteiger partial charge in [0.05, 0.1) is 24.9 Å². The van der Waals surface area contributed by atoms with Crippen molar-refractivity contribution in [2.45, 2.75) is 44.0 Å². The topological polar surface area (TPSA) is 63.7 Å². The predicted molar refractivity (Wildman–Crippen MR) is 92.8 cm³/mol. The van der Waals surface area contributed by atoms with E-state index in [1.165, 1.54) is 6.20 Å². The average molecular weight is 387 g/mol. The zero-order chi connectivity index (χ0) is 19.3. The largest absolute Gasteiger partial charge is 0.411 e. The maximum absolute atomic E-state index is 12.4. The summed E-state index contributed by atoms with van der Waals surface area (Å²) < 4.78 is 47.1. The lowest BCUT2D eigenvalue weighted by Crippen LogP contribution is -2.41. The van der Waals surface area contributed by atoms with E-state index in [1.807, 2.05) is 0 Å². The molecule has 0 spiro atoms. The third-order valence-corrected chi connectivity index (χ3v) is 4.79. The third-order valence-electron chi connectivity index (χ3n) is 4.79. The number of morpholine rings is 1. The van der Waals surface area contributed by atoms with Crippen LogP contribution in [-0.4, -0.2) is 62.1 Å². The number of rotatable bonds is 5. The van der Waals surface area contributed by atoms with E-state index in [9.17, 15) is 18.0 Å². The fourth-order valence-corrected chi connectivity index (χ4v) is 3.41. The highest BCUT2D eigenvalue weighted by molar-refractivity contribution is 5.94. The molecule has 9 heteroatoms. The van der Waals surface area contributed by atoms with Crippen LogP contribution in [0.3, 0.4) is 0 Å². The summed E-state index contributed by atoms with van der Waals surface area (Å²) in [5.41, 5.74) is 0.436. The lowest BCUT2D eigenvalue weighted by Gasteiger charge is -2.30. The zero-order valence-corrected chi connectivity index (χ0v) is 15.0. The highest BCUT2D eigenvalue weighted by Gasteiger charge is 2.31. The van der Waals surface area contributed by atoms with Crippen LogP contribution in [0.2, 0.25) is 0 Å². The van der Waals surface area contributed by atoms with Crippen molar-refractivity contribution in [3.63, 3.8) is 0 Å². The highest BCUT2D eigenvalue weighted by atomic mass is 19.4. The van der Waals surface area contributed by atoms with E-state index < -0.39 is 18.9 Å². The normalized spacial score (nSPS) is 23.9. The monoisotopic (exact) mass is 387 g/mol. The second kappa shape index (κ2) is 8.88. The third kappa shape index (κ3) is 6.07. The number of alkyl halides is 3. The van der Waals surface area contributed by atoms with Crippen molar-refractivity contribution < 1.29 is 27.4 Å². The lowest BCUT2D eigenvalue weighted by molar-refractivity contribution is -0.188. The molecule has 2 unspecified atom stereocenters. The Hall–Kier alpha value is -1.87. The Balaban J connectivity index is 1.50. The summed E-state index contributed by atoms with van der Waals surface area (Å²) in [6.45, 7) is 1.59. The molecule has 0 aromatic carbocycles. The second-order valence-corrected chi connectivity index (χ2v) is 6.89. The van der Waals surface area contributed by atoms with Gasteiger partial charge in [0, 0.05) is 25.3 Å². The van der Waals surface area contributed by atoms with Gasteiger partial charge in [-0.2, -0.15) is 13.2 Å². The molecule has 1 aromatic heterocycles. The number of ether oxygens (including phenoxy) is 2. The van der Waals surface area contributed by atoms with E-state index in [0.717, 1.165) is 31.7 Å². The molecular weight excluding hydrogens is 363 g/mol. The van der Waals surface area contributed by atoms with Crippen LogP contribution >= 0.6 is 0 Å². The van der Waals surface area contributed by atoms with Gasteiger partial charge in [0.1, 0.15) is 12.4 Å². The molecule has 1 amide bonds. The Kier molecular flexibility index (Phi) is 6.54. The first-order chi connectivity index (χ1) is 12.9. The van der Waals surface area contributed by atoms with E-state index in [4.69, 9.17) is 9.47 Å². The van der Waals surface area contributed by atoms with Crippen molar-refractivity contribution >= 4 is 11.7 Å². The van der Waals surface area contributed by atoms with Gasteiger partial charge in [0.15, 0.2) is 0 Å². The Morgan fingerprint density at radius 3 is 2.74 bits per heavy atom. The average Bonchev–Trinajstić information content (AvgIpc) is 2.67. The van der Waals surface area contributed by atoms with Crippen molar-refractivity contribution in [2.24, 2.45) is 0 Å². The maximum atomic E-state index is 12.4. The smallest absolute Gasteiger partial charge is 0.378 e. The van der Waals surface area contributed by atoms with Crippen molar-refractivity contribution in [1.29, 1.82) is 0 Å². The summed E-state index contributed by atoms with van der Waals surface area (Å²) in [4.78, 5) is 18.9. The van der Waals surface area contributed by atoms with Crippen LogP contribution in [0, 0.1) is 0 Å². The molecule has 6 nitrogen and oxygen atoms in total. The van der Waals surface area contributed by atoms with Crippen LogP contribution in [0.1, 0.15) is 36.0 Å². The summed E-state index contributed by atoms with van der Waals surface area (Å²) in [5.74, 6) is 0.533. The van der Waals surface area contributed by atoms with Gasteiger partial charge in [0.2, 0.25) is 0 Å². The predicted octanol–water partition coefficient (Wildman–Crippen LogP) is 2.54. The Morgan fingerprint density at radius 1 is 1.30 bits per heavy atom. The van der Waals surface area contributed by atoms with Gasteiger partial charge in [-0.15, -0.1) is 0 Å². The number of carbonyl (C=O) groups excluding carboxylic acids is 1. The molecule has 1 aliphatic carbocycles. The first-order valence-corrected chi connectivity index (χ1v) is 9.19. The van der Waals surface area contributed by atoms with Gasteiger partial charge >= 0.3 is 6.18 Å². The van der Waals surface area contributed by atoms with E-state index >= 15 is 0 Å². The van der Waals surface area contributed by atoms with Crippen LogP contribution in [0.25, 0.3) is 0 Å². The van der Waals surface area contributed by atoms with E-state index in [2.05, 4.69) is 15.2 Å². The van der Waals surface area contributed by atoms with Crippen LogP contribution < -0.4 is 10.2 Å². The summed E-state index contributed by atoms with van der Waals surface area (Å²) >= 11 is 0. The number of pyridine rings is 1. The van der Waals surface area contributed by atoms with Crippen molar-refractivity contribution in [3.8, 4) is 0 Å². The molecule has 0 radical (unpaired) electrons. The van der Waals surface area contributed by atoms with Crippen molar-refractivity contribution in [2.75, 3.05) is 37.8 Å². The minimum absolute atomic E-state index is 0.191. The summed E-state index contributed by atoms with van der Waals surface area (Å²) in [5, 5.41) is 2.89. The number of nitrogens with zero attached hydrogens (tertiary/aromatic N) is 2. The molecule has 1 aromatic rings. The van der Waals surface area contributed by atoms with Crippen molar-refractivity contribution in [1.82, 2.24) is 10.3 Å². The molecule has 1 N–H and O–H groups in total. The molecule has 2 fully saturated rings. The van der Waals surface area contributed by atoms with Gasteiger partial charge in [-0.05, 0) is 37.8 Å². The minimum Gasteiger partial charge on any atom is -0.378 e. The molecule has 1 saturated heterocycles. The Morgan fingerprint density at radius 2 is 2.07 bits per heavy atom. The molecule has 1 saturated carbocycles. The quantitative estimate of drug-likeness (QED) is 0.841. The molecule has 1 aliphatic heterocycles. The second-order valence-electron chi connectivity index (χ2n) is 6.89. The number of nitrogens with one attached hydrogen (secondary N) is 1. The van der Waals surface area contributed by atoms with E-state index in [1.54, 1.807) is 12.1 Å². The van der Waals surface area contributed by atoms with Crippen LogP contribution in [-0.2, 0) is 9.47 Å². The zero-order valence-electron chi connectivity index (χ0n) is 15.0. The SMILES string of the molecule is O=C(NC1CCCC(OCC(F)(F)F)C1)c1ccc(N2CCOCC2)nc1. The summed E-state index contributed by atoms with van der Waals surface area (Å²) in [6, 6.07) is 3.33. The number of anilines is 1. The molecule has 2 heterocycles. The standard InChI is InChI=1S/C18H24F3N3O3/c19-18(20,21)12-27-15-3-1-2-14(10-15)23-17(25)13-4-5-16(22-11-13)24-6-8-26-9-7-24/h4-5,11,14-15H,1-3,6-10,12H2,(H,23,25). The van der Waals surface area contributed by atoms with Gasteiger partial charge in [0.25, 0.3) is 5.91 Å². The molecule has 2 aliphatic rings. The van der Waals surface area contributed by atoms with E-state index in [0.29, 0.717) is 31.6 Å². The first kappa shape index (κ1) is 19.9. The van der Waals surface area contributed by atoms with Gasteiger partial charge in [-0.25, -0.2) is 4.98 Å². The van der Waals surface area contributed by atoms with Crippen LogP contribution in [0.5, 0.6) is 0 Å². The number of carbonyl (C=O) groups is 1. The maximum Gasteiger partial charge on any atom is 0.411 e. The van der Waals surface area contributed by atoms with Gasteiger partial charge in [-0.3, -0.25) is 4.79 Å². The van der Waals surface area contributed by atoms with Gasteiger partial charge < -0.3 is 19.7 Å². The molecule has 3 rings (SSSR count). The molecule has 27 heavy (non-hydrogen) atoms. The van der Waals surface area contributed by atoms with E-state index in [-0.39, 0.29) is 11.9 Å². The highest BCUT2D eigenvalue weighted by Crippen LogP contribution is 2.24. The minimum atomic E-state index is -4.33. The number of aromatic nitrogens is 1. The number of hydrogen-bond donors (Lipinski definition) is 1. The summed E-state index contributed by atoms with van der Waals surface area (Å²) in [7, 11) is 0. The molecule has 2 atom stereocenters. The molecule has 0 bridgehead atoms. The summed E-state index contributed by atoms with van der Waals surface area (Å²) in [6.07, 6.45) is -0.852. The number of halogens is 3. The van der Waals surface area contributed by atoms with Crippen LogP contribution in [0.4, 0.5) is 19.0 Å². The molecule has 150 valence electrons. The molecular formula is C18H24F3N3O3. The first-order valence-electron chi connectivity index (χ1n) is 9.19. The van der Waals surface area contributed by atoms with Crippen LogP contribution in [0.15, 0.2) is 18.3 Å². The number of amides is 1. The van der Waals surface area contributed by atoms with Crippen molar-refractivity contribution in [3.05, 3.63) is 23.9 Å². The Bertz CT molecular complexity index is 619. The fourth-order valence-electron chi connectivity index (χ4n) is 3.41. The Labute approximate surface area is 156 Å².